The van der Waals surface area contributed by atoms with Gasteiger partial charge in [-0.25, -0.2) is 4.98 Å². The number of ether oxygens (including phenoxy) is 2. The Morgan fingerprint density at radius 3 is 2.49 bits per heavy atom. The van der Waals surface area contributed by atoms with Gasteiger partial charge in [0.15, 0.2) is 0 Å². The molecule has 1 aliphatic carbocycles. The Kier molecular flexibility index (Phi) is 8.55. The first kappa shape index (κ1) is 24.9. The average molecular weight is 481 g/mol. The third-order valence-corrected chi connectivity index (χ3v) is 6.92. The van der Waals surface area contributed by atoms with E-state index in [0.29, 0.717) is 50.1 Å². The number of nitrogens with zero attached hydrogens (tertiary/aromatic N) is 4. The van der Waals surface area contributed by atoms with Gasteiger partial charge in [0.1, 0.15) is 11.6 Å². The van der Waals surface area contributed by atoms with Gasteiger partial charge in [-0.05, 0) is 37.5 Å². The minimum atomic E-state index is -0.0434. The maximum absolute atomic E-state index is 13.1. The third kappa shape index (κ3) is 6.93. The molecule has 0 bridgehead atoms. The maximum atomic E-state index is 13.1. The highest BCUT2D eigenvalue weighted by atomic mass is 16.5. The summed E-state index contributed by atoms with van der Waals surface area (Å²) >= 11 is 0. The fourth-order valence-electron chi connectivity index (χ4n) is 4.91. The molecule has 2 amide bonds. The molecule has 35 heavy (non-hydrogen) atoms. The SMILES string of the molecule is COc1cc(C)nc(CC(=O)N2CCN(C(=O)c3cccc(OCCC4CCCCC4)c3)CC2)n1. The molecule has 1 aliphatic heterocycles. The van der Waals surface area contributed by atoms with Gasteiger partial charge in [-0.3, -0.25) is 9.59 Å². The molecule has 8 heteroatoms. The molecule has 1 aromatic heterocycles. The lowest BCUT2D eigenvalue weighted by Gasteiger charge is -2.34. The van der Waals surface area contributed by atoms with E-state index in [1.807, 2.05) is 31.2 Å². The second-order valence-corrected chi connectivity index (χ2v) is 9.49. The maximum Gasteiger partial charge on any atom is 0.254 e. The Bertz CT molecular complexity index is 1010. The molecule has 188 valence electrons. The van der Waals surface area contributed by atoms with Gasteiger partial charge in [-0.2, -0.15) is 4.98 Å². The van der Waals surface area contributed by atoms with Crippen molar-refractivity contribution in [3.05, 3.63) is 47.4 Å². The number of piperazine rings is 1. The van der Waals surface area contributed by atoms with Gasteiger partial charge in [-0.1, -0.05) is 38.2 Å². The van der Waals surface area contributed by atoms with Crippen LogP contribution >= 0.6 is 0 Å². The van der Waals surface area contributed by atoms with Crippen molar-refractivity contribution in [1.82, 2.24) is 19.8 Å². The summed E-state index contributed by atoms with van der Waals surface area (Å²) in [6, 6.07) is 9.18. The van der Waals surface area contributed by atoms with Crippen LogP contribution in [0.1, 0.15) is 60.4 Å². The van der Waals surface area contributed by atoms with Crippen LogP contribution in [0.2, 0.25) is 0 Å². The molecule has 1 aromatic carbocycles. The number of carbonyl (C=O) groups excluding carboxylic acids is 2. The van der Waals surface area contributed by atoms with Crippen LogP contribution in [0.15, 0.2) is 30.3 Å². The van der Waals surface area contributed by atoms with Crippen molar-refractivity contribution >= 4 is 11.8 Å². The number of aromatic nitrogens is 2. The number of benzene rings is 1. The first-order valence-corrected chi connectivity index (χ1v) is 12.7. The van der Waals surface area contributed by atoms with E-state index in [9.17, 15) is 9.59 Å². The van der Waals surface area contributed by atoms with E-state index in [1.165, 1.54) is 32.1 Å². The number of hydrogen-bond donors (Lipinski definition) is 0. The van der Waals surface area contributed by atoms with Gasteiger partial charge in [0.25, 0.3) is 5.91 Å². The molecule has 0 unspecified atom stereocenters. The van der Waals surface area contributed by atoms with Crippen LogP contribution < -0.4 is 9.47 Å². The zero-order valence-electron chi connectivity index (χ0n) is 20.9. The number of amides is 2. The van der Waals surface area contributed by atoms with Crippen LogP contribution in [0.4, 0.5) is 0 Å². The highest BCUT2D eigenvalue weighted by molar-refractivity contribution is 5.94. The van der Waals surface area contributed by atoms with E-state index in [-0.39, 0.29) is 18.2 Å². The van der Waals surface area contributed by atoms with Crippen molar-refractivity contribution in [2.45, 2.75) is 51.9 Å². The Morgan fingerprint density at radius 2 is 1.74 bits per heavy atom. The van der Waals surface area contributed by atoms with Gasteiger partial charge in [0.05, 0.1) is 20.1 Å². The van der Waals surface area contributed by atoms with Gasteiger partial charge in [0, 0.05) is 43.5 Å². The fraction of sp³-hybridized carbons (Fsp3) is 0.556. The molecule has 1 saturated carbocycles. The lowest BCUT2D eigenvalue weighted by Crippen LogP contribution is -2.51. The van der Waals surface area contributed by atoms with E-state index >= 15 is 0 Å². The smallest absolute Gasteiger partial charge is 0.254 e. The molecule has 2 fully saturated rings. The predicted octanol–water partition coefficient (Wildman–Crippen LogP) is 3.67. The number of rotatable bonds is 8. The molecule has 8 nitrogen and oxygen atoms in total. The zero-order chi connectivity index (χ0) is 24.6. The lowest BCUT2D eigenvalue weighted by molar-refractivity contribution is -0.132. The summed E-state index contributed by atoms with van der Waals surface area (Å²) in [4.78, 5) is 38.0. The minimum absolute atomic E-state index is 0.0263. The number of hydrogen-bond acceptors (Lipinski definition) is 6. The molecule has 2 aromatic rings. The standard InChI is InChI=1S/C27H36N4O4/c1-20-17-25(34-2)29-24(28-20)19-26(32)30-12-14-31(15-13-30)27(33)22-9-6-10-23(18-22)35-16-11-21-7-4-3-5-8-21/h6,9-10,17-18,21H,3-5,7-8,11-16,19H2,1-2H3. The Morgan fingerprint density at radius 1 is 1.00 bits per heavy atom. The molecular weight excluding hydrogens is 444 g/mol. The monoisotopic (exact) mass is 480 g/mol. The average Bonchev–Trinajstić information content (AvgIpc) is 2.89. The zero-order valence-corrected chi connectivity index (χ0v) is 20.9. The van der Waals surface area contributed by atoms with Gasteiger partial charge >= 0.3 is 0 Å². The van der Waals surface area contributed by atoms with Crippen LogP contribution in [0.25, 0.3) is 0 Å². The van der Waals surface area contributed by atoms with Crippen molar-refractivity contribution < 1.29 is 19.1 Å². The minimum Gasteiger partial charge on any atom is -0.494 e. The molecule has 4 rings (SSSR count). The van der Waals surface area contributed by atoms with Crippen molar-refractivity contribution in [2.75, 3.05) is 39.9 Å². The van der Waals surface area contributed by atoms with E-state index in [0.717, 1.165) is 23.8 Å². The largest absolute Gasteiger partial charge is 0.494 e. The van der Waals surface area contributed by atoms with Crippen molar-refractivity contribution in [3.8, 4) is 11.6 Å². The van der Waals surface area contributed by atoms with E-state index in [2.05, 4.69) is 9.97 Å². The first-order valence-electron chi connectivity index (χ1n) is 12.7. The summed E-state index contributed by atoms with van der Waals surface area (Å²) in [5.74, 6) is 2.35. The molecule has 0 radical (unpaired) electrons. The number of aryl methyl sites for hydroxylation is 1. The highest BCUT2D eigenvalue weighted by Crippen LogP contribution is 2.26. The topological polar surface area (TPSA) is 84.9 Å². The second kappa shape index (κ2) is 12.0. The quantitative estimate of drug-likeness (QED) is 0.573. The highest BCUT2D eigenvalue weighted by Gasteiger charge is 2.26. The van der Waals surface area contributed by atoms with E-state index < -0.39 is 0 Å². The summed E-state index contributed by atoms with van der Waals surface area (Å²) < 4.78 is 11.1. The number of methoxy groups -OCH3 is 1. The fourth-order valence-corrected chi connectivity index (χ4v) is 4.91. The molecule has 2 heterocycles. The van der Waals surface area contributed by atoms with Crippen LogP contribution in [-0.2, 0) is 11.2 Å². The summed E-state index contributed by atoms with van der Waals surface area (Å²) in [6.45, 7) is 4.51. The molecule has 1 saturated heterocycles. The molecule has 0 N–H and O–H groups in total. The second-order valence-electron chi connectivity index (χ2n) is 9.49. The van der Waals surface area contributed by atoms with Crippen LogP contribution in [0.3, 0.4) is 0 Å². The summed E-state index contributed by atoms with van der Waals surface area (Å²) in [5, 5.41) is 0. The van der Waals surface area contributed by atoms with Crippen molar-refractivity contribution in [1.29, 1.82) is 0 Å². The molecule has 0 spiro atoms. The number of carbonyl (C=O) groups is 2. The van der Waals surface area contributed by atoms with Gasteiger partial charge < -0.3 is 19.3 Å². The summed E-state index contributed by atoms with van der Waals surface area (Å²) in [6.07, 6.45) is 7.84. The Labute approximate surface area is 207 Å². The van der Waals surface area contributed by atoms with Crippen molar-refractivity contribution in [2.24, 2.45) is 5.92 Å². The molecule has 2 aliphatic rings. The van der Waals surface area contributed by atoms with Crippen LogP contribution in [0.5, 0.6) is 11.6 Å². The van der Waals surface area contributed by atoms with E-state index in [1.54, 1.807) is 23.0 Å². The molecular formula is C27H36N4O4. The van der Waals surface area contributed by atoms with E-state index in [4.69, 9.17) is 9.47 Å². The first-order chi connectivity index (χ1) is 17.0. The summed E-state index contributed by atoms with van der Waals surface area (Å²) in [5.41, 5.74) is 1.38. The normalized spacial score (nSPS) is 16.7. The van der Waals surface area contributed by atoms with Crippen LogP contribution in [0, 0.1) is 12.8 Å². The Hall–Kier alpha value is -3.16. The Balaban J connectivity index is 1.26. The van der Waals surface area contributed by atoms with Crippen LogP contribution in [-0.4, -0.2) is 71.5 Å². The lowest BCUT2D eigenvalue weighted by atomic mass is 9.87. The van der Waals surface area contributed by atoms with Gasteiger partial charge in [0.2, 0.25) is 11.8 Å². The van der Waals surface area contributed by atoms with Gasteiger partial charge in [-0.15, -0.1) is 0 Å². The third-order valence-electron chi connectivity index (χ3n) is 6.92. The van der Waals surface area contributed by atoms with Crippen molar-refractivity contribution in [3.63, 3.8) is 0 Å². The predicted molar refractivity (Wildman–Crippen MR) is 133 cm³/mol. The molecule has 0 atom stereocenters. The summed E-state index contributed by atoms with van der Waals surface area (Å²) in [7, 11) is 1.54.